The maximum absolute atomic E-state index is 11.6. The van der Waals surface area contributed by atoms with E-state index in [1.54, 1.807) is 0 Å². The van der Waals surface area contributed by atoms with Crippen molar-refractivity contribution in [1.29, 1.82) is 0 Å². The molecule has 2 N–H and O–H groups in total. The van der Waals surface area contributed by atoms with Crippen LogP contribution in [0, 0.1) is 0 Å². The quantitative estimate of drug-likeness (QED) is 0.549. The summed E-state index contributed by atoms with van der Waals surface area (Å²) in [6.07, 6.45) is 1.56. The number of fused-ring (bicyclic) bond motifs is 1. The lowest BCUT2D eigenvalue weighted by Gasteiger charge is -2.16. The van der Waals surface area contributed by atoms with Gasteiger partial charge in [0, 0.05) is 26.2 Å². The third kappa shape index (κ3) is 2.24. The van der Waals surface area contributed by atoms with Gasteiger partial charge in [0.1, 0.15) is 0 Å². The highest BCUT2D eigenvalue weighted by Gasteiger charge is 2.30. The summed E-state index contributed by atoms with van der Waals surface area (Å²) in [6, 6.07) is 1.84. The minimum atomic E-state index is -0.297. The zero-order valence-electron chi connectivity index (χ0n) is 10.3. The molecule has 1 aromatic rings. The molecular weight excluding hydrogens is 234 g/mol. The number of hydrogen-bond donors (Lipinski definition) is 2. The lowest BCUT2D eigenvalue weighted by molar-refractivity contribution is 0.0531. The molecule has 0 radical (unpaired) electrons. The molecule has 1 aromatic heterocycles. The molecule has 0 aliphatic carbocycles. The van der Waals surface area contributed by atoms with Crippen LogP contribution in [-0.2, 0) is 17.9 Å². The number of carbonyl (C=O) groups excluding carboxylic acids is 1. The number of carbonyl (C=O) groups is 1. The lowest BCUT2D eigenvalue weighted by Crippen LogP contribution is -2.28. The Labute approximate surface area is 105 Å². The predicted octanol–water partition coefficient (Wildman–Crippen LogP) is -0.691. The third-order valence-corrected chi connectivity index (χ3v) is 3.30. The van der Waals surface area contributed by atoms with Gasteiger partial charge in [-0.2, -0.15) is 5.10 Å². The molecule has 1 atom stereocenters. The summed E-state index contributed by atoms with van der Waals surface area (Å²) in [4.78, 5) is 18.6. The zero-order valence-corrected chi connectivity index (χ0v) is 10.3. The molecule has 0 aromatic carbocycles. The van der Waals surface area contributed by atoms with Crippen LogP contribution in [0.3, 0.4) is 0 Å². The molecule has 0 spiro atoms. The molecule has 7 heteroatoms. The summed E-state index contributed by atoms with van der Waals surface area (Å²) in [7, 11) is 1.42. The molecule has 3 rings (SSSR count). The number of nitrogens with one attached hydrogen (secondary N) is 2. The van der Waals surface area contributed by atoms with Gasteiger partial charge in [-0.15, -0.1) is 0 Å². The molecular formula is C11H17N5O2. The number of aromatic nitrogens is 2. The molecule has 1 fully saturated rings. The van der Waals surface area contributed by atoms with E-state index in [0.29, 0.717) is 11.9 Å². The maximum Gasteiger partial charge on any atom is 0.295 e. The molecule has 1 saturated heterocycles. The molecule has 18 heavy (non-hydrogen) atoms. The second kappa shape index (κ2) is 4.68. The van der Waals surface area contributed by atoms with Gasteiger partial charge in [-0.25, -0.2) is 5.48 Å². The summed E-state index contributed by atoms with van der Waals surface area (Å²) in [6.45, 7) is 3.83. The Morgan fingerprint density at radius 2 is 2.44 bits per heavy atom. The molecule has 0 bridgehead atoms. The fourth-order valence-corrected chi connectivity index (χ4v) is 2.32. The van der Waals surface area contributed by atoms with E-state index in [2.05, 4.69) is 25.6 Å². The van der Waals surface area contributed by atoms with E-state index >= 15 is 0 Å². The van der Waals surface area contributed by atoms with E-state index < -0.39 is 0 Å². The van der Waals surface area contributed by atoms with Gasteiger partial charge in [0.05, 0.1) is 19.0 Å². The Morgan fingerprint density at radius 1 is 1.61 bits per heavy atom. The van der Waals surface area contributed by atoms with Gasteiger partial charge in [0.2, 0.25) is 0 Å². The topological polar surface area (TPSA) is 81.3 Å². The van der Waals surface area contributed by atoms with Crippen LogP contribution in [0.2, 0.25) is 0 Å². The van der Waals surface area contributed by atoms with Crippen molar-refractivity contribution in [2.45, 2.75) is 25.7 Å². The molecule has 1 unspecified atom stereocenters. The maximum atomic E-state index is 11.6. The van der Waals surface area contributed by atoms with E-state index in [1.807, 2.05) is 10.7 Å². The van der Waals surface area contributed by atoms with E-state index in [1.165, 1.54) is 7.11 Å². The van der Waals surface area contributed by atoms with Gasteiger partial charge in [0.15, 0.2) is 5.69 Å². The number of amides is 1. The minimum absolute atomic E-state index is 0.297. The number of nitrogens with zero attached hydrogens (tertiary/aromatic N) is 3. The van der Waals surface area contributed by atoms with Gasteiger partial charge >= 0.3 is 0 Å². The molecule has 0 saturated carbocycles. The average molecular weight is 251 g/mol. The average Bonchev–Trinajstić information content (AvgIpc) is 3.14. The van der Waals surface area contributed by atoms with Crippen molar-refractivity contribution >= 4 is 5.91 Å². The Morgan fingerprint density at radius 3 is 3.17 bits per heavy atom. The fraction of sp³-hybridized carbons (Fsp3) is 0.636. The summed E-state index contributed by atoms with van der Waals surface area (Å²) < 4.78 is 1.92. The van der Waals surface area contributed by atoms with Crippen LogP contribution < -0.4 is 10.8 Å². The van der Waals surface area contributed by atoms with E-state index in [4.69, 9.17) is 0 Å². The summed E-state index contributed by atoms with van der Waals surface area (Å²) in [5, 5.41) is 7.63. The molecule has 2 aliphatic heterocycles. The van der Waals surface area contributed by atoms with Crippen molar-refractivity contribution in [3.8, 4) is 0 Å². The SMILES string of the molecule is CONC(=O)c1cc2n(n1)CCCN(C1CN1)C2. The second-order valence-corrected chi connectivity index (χ2v) is 4.63. The number of rotatable bonds is 3. The van der Waals surface area contributed by atoms with Crippen molar-refractivity contribution < 1.29 is 9.63 Å². The van der Waals surface area contributed by atoms with E-state index in [0.717, 1.165) is 38.3 Å². The van der Waals surface area contributed by atoms with Crippen LogP contribution in [0.1, 0.15) is 22.6 Å². The molecule has 3 heterocycles. The van der Waals surface area contributed by atoms with Crippen LogP contribution in [0.15, 0.2) is 6.07 Å². The largest absolute Gasteiger partial charge is 0.298 e. The minimum Gasteiger partial charge on any atom is -0.298 e. The standard InChI is InChI=1S/C11H17N5O2/c1-18-14-11(17)9-5-8-7-15(10-6-12-10)3-2-4-16(8)13-9/h5,10,12H,2-4,6-7H2,1H3,(H,14,17). The smallest absolute Gasteiger partial charge is 0.295 e. The van der Waals surface area contributed by atoms with Gasteiger partial charge in [-0.1, -0.05) is 0 Å². The Hall–Kier alpha value is -1.44. The van der Waals surface area contributed by atoms with Gasteiger partial charge < -0.3 is 0 Å². The van der Waals surface area contributed by atoms with Crippen LogP contribution in [-0.4, -0.2) is 47.0 Å². The Kier molecular flexibility index (Phi) is 3.02. The number of hydroxylamine groups is 1. The van der Waals surface area contributed by atoms with Crippen LogP contribution in [0.5, 0.6) is 0 Å². The van der Waals surface area contributed by atoms with Crippen molar-refractivity contribution in [3.05, 3.63) is 17.5 Å². The molecule has 7 nitrogen and oxygen atoms in total. The van der Waals surface area contributed by atoms with Gasteiger partial charge in [-0.05, 0) is 12.5 Å². The van der Waals surface area contributed by atoms with Crippen molar-refractivity contribution in [2.75, 3.05) is 20.2 Å². The summed E-state index contributed by atoms with van der Waals surface area (Å²) in [5.74, 6) is -0.297. The van der Waals surface area contributed by atoms with E-state index in [9.17, 15) is 4.79 Å². The fourth-order valence-electron chi connectivity index (χ4n) is 2.32. The summed E-state index contributed by atoms with van der Waals surface area (Å²) >= 11 is 0. The second-order valence-electron chi connectivity index (χ2n) is 4.63. The van der Waals surface area contributed by atoms with Crippen molar-refractivity contribution in [3.63, 3.8) is 0 Å². The van der Waals surface area contributed by atoms with E-state index in [-0.39, 0.29) is 5.91 Å². The number of hydrogen-bond acceptors (Lipinski definition) is 5. The highest BCUT2D eigenvalue weighted by atomic mass is 16.6. The van der Waals surface area contributed by atoms with Crippen LogP contribution >= 0.6 is 0 Å². The first kappa shape index (κ1) is 11.6. The monoisotopic (exact) mass is 251 g/mol. The first-order chi connectivity index (χ1) is 8.78. The predicted molar refractivity (Wildman–Crippen MR) is 63.5 cm³/mol. The van der Waals surface area contributed by atoms with Crippen LogP contribution in [0.4, 0.5) is 0 Å². The Balaban J connectivity index is 1.78. The first-order valence-electron chi connectivity index (χ1n) is 6.15. The molecule has 98 valence electrons. The highest BCUT2D eigenvalue weighted by Crippen LogP contribution is 2.18. The summed E-state index contributed by atoms with van der Waals surface area (Å²) in [5.41, 5.74) is 3.79. The molecule has 1 amide bonds. The van der Waals surface area contributed by atoms with Crippen molar-refractivity contribution in [1.82, 2.24) is 25.5 Å². The zero-order chi connectivity index (χ0) is 12.5. The van der Waals surface area contributed by atoms with Crippen LogP contribution in [0.25, 0.3) is 0 Å². The third-order valence-electron chi connectivity index (χ3n) is 3.30. The highest BCUT2D eigenvalue weighted by molar-refractivity contribution is 5.91. The normalized spacial score (nSPS) is 23.3. The van der Waals surface area contributed by atoms with Gasteiger partial charge in [-0.3, -0.25) is 24.5 Å². The molecule has 2 aliphatic rings. The lowest BCUT2D eigenvalue weighted by atomic mass is 10.3. The first-order valence-corrected chi connectivity index (χ1v) is 6.15. The Bertz CT molecular complexity index is 454. The van der Waals surface area contributed by atoms with Gasteiger partial charge in [0.25, 0.3) is 5.91 Å². The number of aryl methyl sites for hydroxylation is 1. The van der Waals surface area contributed by atoms with Crippen molar-refractivity contribution in [2.24, 2.45) is 0 Å².